The lowest BCUT2D eigenvalue weighted by molar-refractivity contribution is 1.34. The lowest BCUT2D eigenvalue weighted by Gasteiger charge is -1.99. The maximum atomic E-state index is 3.10. The average Bonchev–Trinajstić information content (AvgIpc) is 2.45. The van der Waals surface area contributed by atoms with E-state index in [1.165, 1.54) is 22.0 Å². The standard InChI is InChI=1S/C10H10N/c1-7-3-4-9-5-6-11-10(9)8(7)2/h3-5,11H,1-2H3. The van der Waals surface area contributed by atoms with Crippen LogP contribution in [0.4, 0.5) is 0 Å². The second-order valence-electron chi connectivity index (χ2n) is 2.89. The Morgan fingerprint density at radius 1 is 1.27 bits per heavy atom. The number of nitrogens with one attached hydrogen (secondary N) is 1. The molecule has 0 amide bonds. The summed E-state index contributed by atoms with van der Waals surface area (Å²) in [6, 6.07) is 6.23. The lowest BCUT2D eigenvalue weighted by atomic mass is 10.1. The Morgan fingerprint density at radius 2 is 2.09 bits per heavy atom. The van der Waals surface area contributed by atoms with Gasteiger partial charge in [0.05, 0.1) is 6.20 Å². The van der Waals surface area contributed by atoms with E-state index in [0.29, 0.717) is 0 Å². The predicted molar refractivity (Wildman–Crippen MR) is 46.6 cm³/mol. The predicted octanol–water partition coefficient (Wildman–Crippen LogP) is 2.58. The smallest absolute Gasteiger partial charge is 0.0630 e. The molecule has 11 heavy (non-hydrogen) atoms. The molecule has 2 aromatic rings. The van der Waals surface area contributed by atoms with Crippen LogP contribution in [0.3, 0.4) is 0 Å². The van der Waals surface area contributed by atoms with E-state index >= 15 is 0 Å². The summed E-state index contributed by atoms with van der Waals surface area (Å²) < 4.78 is 0. The molecule has 0 fully saturated rings. The van der Waals surface area contributed by atoms with Crippen LogP contribution in [0, 0.1) is 20.0 Å². The van der Waals surface area contributed by atoms with Crippen molar-refractivity contribution in [3.8, 4) is 0 Å². The molecule has 0 saturated carbocycles. The topological polar surface area (TPSA) is 15.8 Å². The second kappa shape index (κ2) is 2.12. The normalized spacial score (nSPS) is 10.7. The molecule has 1 nitrogen and oxygen atoms in total. The van der Waals surface area contributed by atoms with Gasteiger partial charge in [-0.25, -0.2) is 0 Å². The van der Waals surface area contributed by atoms with Crippen molar-refractivity contribution in [3.05, 3.63) is 35.5 Å². The molecule has 0 atom stereocenters. The third kappa shape index (κ3) is 0.845. The number of hydrogen-bond acceptors (Lipinski definition) is 0. The van der Waals surface area contributed by atoms with Crippen molar-refractivity contribution in [2.24, 2.45) is 0 Å². The highest BCUT2D eigenvalue weighted by atomic mass is 14.7. The maximum Gasteiger partial charge on any atom is 0.0630 e. The summed E-state index contributed by atoms with van der Waals surface area (Å²) in [5, 5.41) is 1.24. The molecule has 55 valence electrons. The molecule has 0 unspecified atom stereocenters. The van der Waals surface area contributed by atoms with Gasteiger partial charge in [0.2, 0.25) is 0 Å². The largest absolute Gasteiger partial charge is 0.353 e. The monoisotopic (exact) mass is 144 g/mol. The van der Waals surface area contributed by atoms with Crippen molar-refractivity contribution < 1.29 is 0 Å². The fourth-order valence-corrected chi connectivity index (χ4v) is 1.31. The zero-order chi connectivity index (χ0) is 7.84. The van der Waals surface area contributed by atoms with Crippen molar-refractivity contribution in [3.63, 3.8) is 0 Å². The molecule has 1 heteroatoms. The van der Waals surface area contributed by atoms with E-state index in [1.54, 1.807) is 0 Å². The minimum absolute atomic E-state index is 1.21. The van der Waals surface area contributed by atoms with Gasteiger partial charge in [-0.2, -0.15) is 0 Å². The molecule has 0 aliphatic heterocycles. The van der Waals surface area contributed by atoms with Gasteiger partial charge in [0.25, 0.3) is 0 Å². The lowest BCUT2D eigenvalue weighted by Crippen LogP contribution is -1.80. The molecule has 1 aromatic carbocycles. The molecule has 1 aromatic heterocycles. The third-order valence-electron chi connectivity index (χ3n) is 2.19. The Labute approximate surface area is 66.1 Å². The quantitative estimate of drug-likeness (QED) is 0.585. The van der Waals surface area contributed by atoms with Crippen LogP contribution in [0.15, 0.2) is 18.2 Å². The van der Waals surface area contributed by atoms with Crippen molar-refractivity contribution in [1.82, 2.24) is 4.98 Å². The maximum absolute atomic E-state index is 3.10. The second-order valence-corrected chi connectivity index (χ2v) is 2.89. The number of benzene rings is 1. The summed E-state index contributed by atoms with van der Waals surface area (Å²) in [7, 11) is 0. The Bertz CT molecular complexity index is 385. The molecule has 1 radical (unpaired) electrons. The van der Waals surface area contributed by atoms with Crippen molar-refractivity contribution in [1.29, 1.82) is 0 Å². The molecule has 1 N–H and O–H groups in total. The number of hydrogen-bond donors (Lipinski definition) is 1. The van der Waals surface area contributed by atoms with Gasteiger partial charge in [0.15, 0.2) is 0 Å². The van der Waals surface area contributed by atoms with Gasteiger partial charge in [-0.1, -0.05) is 12.1 Å². The van der Waals surface area contributed by atoms with Gasteiger partial charge in [-0.3, -0.25) is 0 Å². The van der Waals surface area contributed by atoms with Gasteiger partial charge in [0, 0.05) is 10.9 Å². The number of H-pyrrole nitrogens is 1. The van der Waals surface area contributed by atoms with E-state index in [0.717, 1.165) is 0 Å². The first-order chi connectivity index (χ1) is 5.29. The minimum Gasteiger partial charge on any atom is -0.353 e. The zero-order valence-electron chi connectivity index (χ0n) is 6.73. The highest BCUT2D eigenvalue weighted by molar-refractivity contribution is 5.83. The van der Waals surface area contributed by atoms with E-state index in [4.69, 9.17) is 0 Å². The van der Waals surface area contributed by atoms with E-state index in [-0.39, 0.29) is 0 Å². The highest BCUT2D eigenvalue weighted by Gasteiger charge is 1.99. The van der Waals surface area contributed by atoms with Crippen LogP contribution in [0.25, 0.3) is 10.9 Å². The Hall–Kier alpha value is -1.24. The highest BCUT2D eigenvalue weighted by Crippen LogP contribution is 2.18. The first-order valence-corrected chi connectivity index (χ1v) is 3.74. The van der Waals surface area contributed by atoms with Gasteiger partial charge in [0.1, 0.15) is 0 Å². The Kier molecular flexibility index (Phi) is 1.25. The van der Waals surface area contributed by atoms with Crippen molar-refractivity contribution in [2.75, 3.05) is 0 Å². The molecule has 0 bridgehead atoms. The summed E-state index contributed by atoms with van der Waals surface area (Å²) in [4.78, 5) is 3.10. The summed E-state index contributed by atoms with van der Waals surface area (Å²) >= 11 is 0. The number of aryl methyl sites for hydroxylation is 2. The number of aromatic amines is 1. The van der Waals surface area contributed by atoms with E-state index in [9.17, 15) is 0 Å². The molecule has 1 heterocycles. The Morgan fingerprint density at radius 3 is 2.91 bits per heavy atom. The van der Waals surface area contributed by atoms with Gasteiger partial charge in [-0.05, 0) is 31.0 Å². The fourth-order valence-electron chi connectivity index (χ4n) is 1.31. The summed E-state index contributed by atoms with van der Waals surface area (Å²) in [6.07, 6.45) is 2.98. The zero-order valence-corrected chi connectivity index (χ0v) is 6.73. The molecular formula is C10H10N. The van der Waals surface area contributed by atoms with Crippen LogP contribution >= 0.6 is 0 Å². The Balaban J connectivity index is 2.93. The van der Waals surface area contributed by atoms with Crippen LogP contribution in [0.1, 0.15) is 11.1 Å². The average molecular weight is 144 g/mol. The molecular weight excluding hydrogens is 134 g/mol. The first-order valence-electron chi connectivity index (χ1n) is 3.74. The SMILES string of the molecule is Cc1ccc2c[c][nH]c2c1C. The summed E-state index contributed by atoms with van der Waals surface area (Å²) in [5.74, 6) is 0. The van der Waals surface area contributed by atoms with Crippen molar-refractivity contribution >= 4 is 10.9 Å². The summed E-state index contributed by atoms with van der Waals surface area (Å²) in [6.45, 7) is 4.25. The fraction of sp³-hybridized carbons (Fsp3) is 0.200. The van der Waals surface area contributed by atoms with Crippen LogP contribution < -0.4 is 0 Å². The molecule has 0 saturated heterocycles. The number of rotatable bonds is 0. The van der Waals surface area contributed by atoms with E-state index < -0.39 is 0 Å². The van der Waals surface area contributed by atoms with Gasteiger partial charge < -0.3 is 4.98 Å². The third-order valence-corrected chi connectivity index (χ3v) is 2.19. The first kappa shape index (κ1) is 6.47. The van der Waals surface area contributed by atoms with E-state index in [2.05, 4.69) is 37.2 Å². The number of aromatic nitrogens is 1. The van der Waals surface area contributed by atoms with E-state index in [1.807, 2.05) is 6.07 Å². The van der Waals surface area contributed by atoms with Crippen LogP contribution in [0.5, 0.6) is 0 Å². The number of fused-ring (bicyclic) bond motifs is 1. The molecule has 0 aliphatic carbocycles. The van der Waals surface area contributed by atoms with Crippen molar-refractivity contribution in [2.45, 2.75) is 13.8 Å². The van der Waals surface area contributed by atoms with Gasteiger partial charge >= 0.3 is 0 Å². The molecule has 0 aliphatic rings. The van der Waals surface area contributed by atoms with Crippen LogP contribution in [-0.4, -0.2) is 4.98 Å². The van der Waals surface area contributed by atoms with Gasteiger partial charge in [-0.15, -0.1) is 0 Å². The molecule has 0 spiro atoms. The van der Waals surface area contributed by atoms with Crippen LogP contribution in [0.2, 0.25) is 0 Å². The molecule has 2 rings (SSSR count). The van der Waals surface area contributed by atoms with Crippen LogP contribution in [-0.2, 0) is 0 Å². The minimum atomic E-state index is 1.21. The summed E-state index contributed by atoms with van der Waals surface area (Å²) in [5.41, 5.74) is 3.86.